The van der Waals surface area contributed by atoms with Gasteiger partial charge in [0.15, 0.2) is 0 Å². The van der Waals surface area contributed by atoms with E-state index in [1.54, 1.807) is 0 Å². The Bertz CT molecular complexity index is 743. The van der Waals surface area contributed by atoms with Crippen molar-refractivity contribution in [2.45, 2.75) is 13.3 Å². The number of hydrogen-bond acceptors (Lipinski definition) is 2. The minimum atomic E-state index is 0.714. The topological polar surface area (TPSA) is 34.0 Å². The second kappa shape index (κ2) is 4.76. The van der Waals surface area contributed by atoms with Gasteiger partial charge in [0.05, 0.1) is 11.0 Å². The predicted molar refractivity (Wildman–Crippen MR) is 79.4 cm³/mol. The summed E-state index contributed by atoms with van der Waals surface area (Å²) in [5.41, 5.74) is 6.40. The lowest BCUT2D eigenvalue weighted by Gasteiger charge is -2.09. The molecule has 0 aliphatic heterocycles. The van der Waals surface area contributed by atoms with Crippen molar-refractivity contribution >= 4 is 28.1 Å². The molecular formula is C16H16N2O. The van der Waals surface area contributed by atoms with Crippen molar-refractivity contribution in [2.75, 3.05) is 12.0 Å². The van der Waals surface area contributed by atoms with Crippen LogP contribution in [0, 0.1) is 0 Å². The molecule has 96 valence electrons. The summed E-state index contributed by atoms with van der Waals surface area (Å²) in [4.78, 5) is 10.9. The summed E-state index contributed by atoms with van der Waals surface area (Å²) >= 11 is 0. The molecule has 3 heteroatoms. The molecule has 3 rings (SSSR count). The Hall–Kier alpha value is -2.29. The Labute approximate surface area is 111 Å². The zero-order chi connectivity index (χ0) is 13.2. The zero-order valence-corrected chi connectivity index (χ0v) is 10.9. The fraction of sp³-hybridized carbons (Fsp3) is 0.188. The fourth-order valence-corrected chi connectivity index (χ4v) is 2.46. The zero-order valence-electron chi connectivity index (χ0n) is 10.9. The maximum absolute atomic E-state index is 10.9. The van der Waals surface area contributed by atoms with Gasteiger partial charge in [-0.1, -0.05) is 25.1 Å². The van der Waals surface area contributed by atoms with Crippen molar-refractivity contribution in [3.05, 3.63) is 48.0 Å². The van der Waals surface area contributed by atoms with Gasteiger partial charge in [-0.3, -0.25) is 9.47 Å². The van der Waals surface area contributed by atoms with Crippen LogP contribution >= 0.6 is 0 Å². The van der Waals surface area contributed by atoms with Gasteiger partial charge >= 0.3 is 0 Å². The van der Waals surface area contributed by atoms with Gasteiger partial charge in [-0.25, -0.2) is 0 Å². The number of aldehydes is 1. The Kier molecular flexibility index (Phi) is 2.95. The van der Waals surface area contributed by atoms with Gasteiger partial charge in [0.25, 0.3) is 0 Å². The van der Waals surface area contributed by atoms with Crippen molar-refractivity contribution in [1.82, 2.24) is 4.68 Å². The molecule has 0 atom stereocenters. The second-order valence-electron chi connectivity index (χ2n) is 4.66. The molecule has 3 aromatic rings. The lowest BCUT2D eigenvalue weighted by Crippen LogP contribution is -2.14. The number of fused-ring (bicyclic) bond motifs is 3. The monoisotopic (exact) mass is 252 g/mol. The van der Waals surface area contributed by atoms with E-state index in [-0.39, 0.29) is 0 Å². The first-order chi connectivity index (χ1) is 9.35. The number of benzene rings is 2. The first kappa shape index (κ1) is 11.8. The van der Waals surface area contributed by atoms with E-state index in [9.17, 15) is 4.79 Å². The van der Waals surface area contributed by atoms with Crippen LogP contribution in [-0.2, 0) is 0 Å². The van der Waals surface area contributed by atoms with E-state index in [1.165, 1.54) is 5.39 Å². The standard InChI is InChI=1S/C16H16N2O/c1-2-9-17-18-15-6-4-3-5-13(15)14-10-12(11-19)7-8-16(14)18/h3-8,10-11,17H,2,9H2,1H3. The number of nitrogens with one attached hydrogen (secondary N) is 1. The maximum atomic E-state index is 10.9. The van der Waals surface area contributed by atoms with E-state index < -0.39 is 0 Å². The molecule has 0 bridgehead atoms. The van der Waals surface area contributed by atoms with Gasteiger partial charge in [0, 0.05) is 22.9 Å². The molecule has 2 aromatic carbocycles. The van der Waals surface area contributed by atoms with E-state index in [0.717, 1.165) is 35.7 Å². The Morgan fingerprint density at radius 3 is 2.68 bits per heavy atom. The molecule has 0 spiro atoms. The number of aromatic nitrogens is 1. The van der Waals surface area contributed by atoms with E-state index in [1.807, 2.05) is 30.3 Å². The summed E-state index contributed by atoms with van der Waals surface area (Å²) in [6, 6.07) is 14.1. The van der Waals surface area contributed by atoms with E-state index >= 15 is 0 Å². The highest BCUT2D eigenvalue weighted by Crippen LogP contribution is 2.28. The van der Waals surface area contributed by atoms with Crippen LogP contribution in [0.15, 0.2) is 42.5 Å². The van der Waals surface area contributed by atoms with E-state index in [4.69, 9.17) is 0 Å². The van der Waals surface area contributed by atoms with E-state index in [0.29, 0.717) is 5.56 Å². The Balaban J connectivity index is 2.33. The minimum Gasteiger partial charge on any atom is -0.325 e. The quantitative estimate of drug-likeness (QED) is 0.720. The van der Waals surface area contributed by atoms with Crippen LogP contribution in [0.2, 0.25) is 0 Å². The van der Waals surface area contributed by atoms with Gasteiger partial charge in [0.2, 0.25) is 0 Å². The first-order valence-corrected chi connectivity index (χ1v) is 6.57. The van der Waals surface area contributed by atoms with Gasteiger partial charge < -0.3 is 5.43 Å². The summed E-state index contributed by atoms with van der Waals surface area (Å²) in [5.74, 6) is 0. The molecule has 0 saturated carbocycles. The fourth-order valence-electron chi connectivity index (χ4n) is 2.46. The van der Waals surface area contributed by atoms with Crippen molar-refractivity contribution in [1.29, 1.82) is 0 Å². The molecule has 0 unspecified atom stereocenters. The van der Waals surface area contributed by atoms with Crippen LogP contribution in [0.4, 0.5) is 0 Å². The largest absolute Gasteiger partial charge is 0.325 e. The molecule has 0 radical (unpaired) electrons. The first-order valence-electron chi connectivity index (χ1n) is 6.57. The molecule has 3 nitrogen and oxygen atoms in total. The SMILES string of the molecule is CCCNn1c2ccccc2c2cc(C=O)ccc21. The van der Waals surface area contributed by atoms with Crippen LogP contribution in [0.25, 0.3) is 21.8 Å². The van der Waals surface area contributed by atoms with Gasteiger partial charge in [-0.2, -0.15) is 0 Å². The summed E-state index contributed by atoms with van der Waals surface area (Å²) in [5, 5.41) is 2.29. The van der Waals surface area contributed by atoms with Gasteiger partial charge in [-0.15, -0.1) is 0 Å². The normalized spacial score (nSPS) is 11.0. The van der Waals surface area contributed by atoms with Crippen LogP contribution in [0.5, 0.6) is 0 Å². The average molecular weight is 252 g/mol. The van der Waals surface area contributed by atoms with E-state index in [2.05, 4.69) is 29.2 Å². The molecule has 0 fully saturated rings. The molecule has 1 heterocycles. The third kappa shape index (κ3) is 1.87. The van der Waals surface area contributed by atoms with Crippen molar-refractivity contribution in [3.63, 3.8) is 0 Å². The van der Waals surface area contributed by atoms with Crippen LogP contribution < -0.4 is 5.43 Å². The number of para-hydroxylation sites is 1. The second-order valence-corrected chi connectivity index (χ2v) is 4.66. The molecule has 1 aromatic heterocycles. The lowest BCUT2D eigenvalue weighted by atomic mass is 10.1. The average Bonchev–Trinajstić information content (AvgIpc) is 2.78. The minimum absolute atomic E-state index is 0.714. The highest BCUT2D eigenvalue weighted by atomic mass is 16.1. The lowest BCUT2D eigenvalue weighted by molar-refractivity contribution is 0.112. The summed E-state index contributed by atoms with van der Waals surface area (Å²) in [6.07, 6.45) is 1.96. The predicted octanol–water partition coefficient (Wildman–Crippen LogP) is 3.56. The molecule has 0 saturated heterocycles. The number of hydrogen-bond donors (Lipinski definition) is 1. The molecular weight excluding hydrogens is 236 g/mol. The summed E-state index contributed by atoms with van der Waals surface area (Å²) in [7, 11) is 0. The highest BCUT2D eigenvalue weighted by Gasteiger charge is 2.10. The molecule has 0 aliphatic carbocycles. The van der Waals surface area contributed by atoms with Crippen molar-refractivity contribution in [3.8, 4) is 0 Å². The summed E-state index contributed by atoms with van der Waals surface area (Å²) in [6.45, 7) is 3.06. The number of rotatable bonds is 4. The number of carbonyl (C=O) groups is 1. The number of nitrogens with zero attached hydrogens (tertiary/aromatic N) is 1. The van der Waals surface area contributed by atoms with Crippen molar-refractivity contribution < 1.29 is 4.79 Å². The van der Waals surface area contributed by atoms with Crippen LogP contribution in [0.1, 0.15) is 23.7 Å². The summed E-state index contributed by atoms with van der Waals surface area (Å²) < 4.78 is 2.11. The van der Waals surface area contributed by atoms with Crippen LogP contribution in [-0.4, -0.2) is 17.5 Å². The maximum Gasteiger partial charge on any atom is 0.150 e. The van der Waals surface area contributed by atoms with Crippen molar-refractivity contribution in [2.24, 2.45) is 0 Å². The Morgan fingerprint density at radius 1 is 1.11 bits per heavy atom. The molecule has 19 heavy (non-hydrogen) atoms. The third-order valence-corrected chi connectivity index (χ3v) is 3.35. The Morgan fingerprint density at radius 2 is 1.89 bits per heavy atom. The van der Waals surface area contributed by atoms with Gasteiger partial charge in [0.1, 0.15) is 6.29 Å². The smallest absolute Gasteiger partial charge is 0.150 e. The molecule has 1 N–H and O–H groups in total. The third-order valence-electron chi connectivity index (χ3n) is 3.35. The van der Waals surface area contributed by atoms with Crippen LogP contribution in [0.3, 0.4) is 0 Å². The molecule has 0 aliphatic rings. The molecule has 0 amide bonds. The van der Waals surface area contributed by atoms with Gasteiger partial charge in [-0.05, 0) is 30.7 Å². The number of carbonyl (C=O) groups excluding carboxylic acids is 1. The highest BCUT2D eigenvalue weighted by molar-refractivity contribution is 6.09.